The van der Waals surface area contributed by atoms with Crippen LogP contribution in [-0.2, 0) is 39.0 Å². The van der Waals surface area contributed by atoms with E-state index in [4.69, 9.17) is 16.2 Å². The number of benzene rings is 5. The second-order valence-electron chi connectivity index (χ2n) is 10.7. The number of aromatic amines is 1. The van der Waals surface area contributed by atoms with Crippen molar-refractivity contribution in [1.29, 1.82) is 0 Å². The van der Waals surface area contributed by atoms with E-state index < -0.39 is 58.5 Å². The molecular weight excluding hydrogens is 801 g/mol. The monoisotopic (exact) mass is 820 g/mol. The van der Waals surface area contributed by atoms with Crippen molar-refractivity contribution >= 4 is 105 Å². The highest BCUT2D eigenvalue weighted by Crippen LogP contribution is 2.46. The van der Waals surface area contributed by atoms with Crippen molar-refractivity contribution in [2.24, 2.45) is 20.5 Å². The van der Waals surface area contributed by atoms with E-state index in [1.807, 2.05) is 0 Å². The summed E-state index contributed by atoms with van der Waals surface area (Å²) >= 11 is 0.914. The first-order valence-corrected chi connectivity index (χ1v) is 18.6. The Hall–Kier alpha value is -5.29. The van der Waals surface area contributed by atoms with Crippen molar-refractivity contribution < 1.29 is 65.4 Å². The highest BCUT2D eigenvalue weighted by atomic mass is 32.2. The van der Waals surface area contributed by atoms with Crippen LogP contribution >= 0.6 is 24.1 Å². The lowest BCUT2D eigenvalue weighted by molar-refractivity contribution is -0.432. The summed E-state index contributed by atoms with van der Waals surface area (Å²) in [6, 6.07) is 13.6. The van der Waals surface area contributed by atoms with Gasteiger partial charge in [0, 0.05) is 26.4 Å². The number of aromatic nitrogens is 1. The summed E-state index contributed by atoms with van der Waals surface area (Å²) in [7, 11) is -9.53. The largest absolute Gasteiger partial charge is 0.505 e. The van der Waals surface area contributed by atoms with Crippen LogP contribution in [0.3, 0.4) is 0 Å². The molecule has 25 heteroatoms. The van der Waals surface area contributed by atoms with Crippen molar-refractivity contribution in [3.8, 4) is 11.5 Å². The maximum atomic E-state index is 12.8. The number of H-pyrrole nitrogens is 1. The van der Waals surface area contributed by atoms with E-state index in [0.29, 0.717) is 29.0 Å². The molecule has 0 saturated heterocycles. The third-order valence-electron chi connectivity index (χ3n) is 7.46. The highest BCUT2D eigenvalue weighted by molar-refractivity contribution is 7.95. The molecule has 0 aliphatic heterocycles. The van der Waals surface area contributed by atoms with Crippen LogP contribution in [0.15, 0.2) is 112 Å². The van der Waals surface area contributed by atoms with Gasteiger partial charge in [0.2, 0.25) is 0 Å². The molecule has 0 spiro atoms. The maximum Gasteiger partial charge on any atom is 0.296 e. The highest BCUT2D eigenvalue weighted by Gasteiger charge is 2.21. The molecule has 1 heterocycles. The number of phenolic OH excluding ortho intramolecular Hbond substituents is 1. The lowest BCUT2D eigenvalue weighted by Crippen LogP contribution is -2.05. The topological polar surface area (TPSA) is 335 Å². The normalized spacial score (nSPS) is 12.6. The molecule has 6 rings (SSSR count). The number of azo groups is 2. The van der Waals surface area contributed by atoms with E-state index in [1.54, 1.807) is 0 Å². The van der Waals surface area contributed by atoms with Gasteiger partial charge in [-0.1, -0.05) is 16.1 Å². The summed E-state index contributed by atoms with van der Waals surface area (Å²) in [6.07, 6.45) is 0. The zero-order chi connectivity index (χ0) is 38.9. The molecule has 1 aromatic heterocycles. The predicted molar refractivity (Wildman–Crippen MR) is 189 cm³/mol. The Balaban J connectivity index is 1.48. The number of fused-ring (bicyclic) bond motifs is 3. The lowest BCUT2D eigenvalue weighted by atomic mass is 10.1. The van der Waals surface area contributed by atoms with Crippen molar-refractivity contribution in [1.82, 2.24) is 4.98 Å². The fraction of sp³-hybridized carbons (Fsp3) is 0. The number of nitrogens with zero attached hydrogens (tertiary/aromatic N) is 4. The minimum atomic E-state index is -4.77. The minimum Gasteiger partial charge on any atom is -0.505 e. The first kappa shape index (κ1) is 38.4. The van der Waals surface area contributed by atoms with Crippen LogP contribution in [0.5, 0.6) is 11.5 Å². The second kappa shape index (κ2) is 15.2. The molecule has 0 radical (unpaired) electrons. The molecule has 0 bridgehead atoms. The van der Waals surface area contributed by atoms with Gasteiger partial charge in [-0.05, 0) is 66.0 Å². The summed E-state index contributed by atoms with van der Waals surface area (Å²) < 4.78 is 76.0. The molecule has 0 amide bonds. The molecule has 0 unspecified atom stereocenters. The van der Waals surface area contributed by atoms with Crippen LogP contribution in [0.2, 0.25) is 0 Å². The number of anilines is 1. The molecule has 5 aromatic carbocycles. The van der Waals surface area contributed by atoms with Crippen molar-refractivity contribution in [3.05, 3.63) is 77.1 Å². The number of rotatable bonds is 12. The standard InChI is InChI=1S/C29H20N6O15S4/c30-19-11-16-12(8-24(19)54(44,45)46)7-23(52-50-48-40)25(27(16)36)34-33-22-6-5-21(15-3-2-14(10-17(15)22)53(41,42)43)32-35-26-28(37)18-9-13(51-49-47-39)1-4-20(18)31-29(26)38/h1-11,36,39-40H,30H2,(H2,31,37,38)(H,41,42,43)(H,44,45,46)/b34-33+,35-32+. The number of nitrogen functional groups attached to an aromatic ring is 1. The lowest BCUT2D eigenvalue weighted by Gasteiger charge is -2.12. The molecule has 0 aliphatic rings. The van der Waals surface area contributed by atoms with Gasteiger partial charge in [0.15, 0.2) is 17.2 Å². The van der Waals surface area contributed by atoms with Crippen LogP contribution in [0, 0.1) is 0 Å². The van der Waals surface area contributed by atoms with E-state index >= 15 is 0 Å². The molecule has 6 aromatic rings. The van der Waals surface area contributed by atoms with Crippen molar-refractivity contribution in [3.63, 3.8) is 0 Å². The van der Waals surface area contributed by atoms with Gasteiger partial charge in [-0.25, -0.2) is 10.5 Å². The van der Waals surface area contributed by atoms with E-state index in [9.17, 15) is 40.9 Å². The molecule has 0 fully saturated rings. The van der Waals surface area contributed by atoms with Gasteiger partial charge in [-0.3, -0.25) is 13.9 Å². The van der Waals surface area contributed by atoms with Gasteiger partial charge in [0.1, 0.15) is 10.6 Å². The maximum absolute atomic E-state index is 12.8. The summed E-state index contributed by atoms with van der Waals surface area (Å²) in [6.45, 7) is 0. The van der Waals surface area contributed by atoms with Crippen LogP contribution in [0.4, 0.5) is 28.4 Å². The van der Waals surface area contributed by atoms with Crippen LogP contribution < -0.4 is 11.3 Å². The van der Waals surface area contributed by atoms with E-state index in [2.05, 4.69) is 44.2 Å². The number of nitrogens with one attached hydrogen (secondary N) is 1. The Labute approximate surface area is 308 Å². The summed E-state index contributed by atoms with van der Waals surface area (Å²) in [5.41, 5.74) is 3.89. The molecule has 0 aliphatic carbocycles. The van der Waals surface area contributed by atoms with Crippen molar-refractivity contribution in [2.75, 3.05) is 5.73 Å². The molecule has 54 heavy (non-hydrogen) atoms. The fourth-order valence-corrected chi connectivity index (χ4v) is 7.14. The fourth-order valence-electron chi connectivity index (χ4n) is 5.11. The van der Waals surface area contributed by atoms with E-state index in [0.717, 1.165) is 24.3 Å². The summed E-state index contributed by atoms with van der Waals surface area (Å²) in [5, 5.41) is 63.0. The number of nitrogens with two attached hydrogens (primary N) is 1. The SMILES string of the molecule is Nc1cc2c(O)c(/N=N/c3ccc(/N=N/c4c(O)c5cc(SOOO)ccc5[nH]c4=O)c4ccc(S(=O)(=O)O)cc34)c(SOOO)cc2cc1S(=O)(=O)O. The Morgan fingerprint density at radius 2 is 1.31 bits per heavy atom. The molecule has 0 saturated carbocycles. The van der Waals surface area contributed by atoms with E-state index in [1.165, 1.54) is 42.5 Å². The van der Waals surface area contributed by atoms with Gasteiger partial charge < -0.3 is 20.9 Å². The molecule has 9 N–H and O–H groups in total. The number of aromatic hydroxyl groups is 2. The van der Waals surface area contributed by atoms with Crippen LogP contribution in [0.1, 0.15) is 0 Å². The zero-order valence-corrected chi connectivity index (χ0v) is 29.5. The smallest absolute Gasteiger partial charge is 0.296 e. The molecule has 280 valence electrons. The number of hydrogen-bond acceptors (Lipinski definition) is 20. The zero-order valence-electron chi connectivity index (χ0n) is 26.2. The predicted octanol–water partition coefficient (Wildman–Crippen LogP) is 7.01. The Bertz CT molecular complexity index is 2830. The number of phenols is 1. The Morgan fingerprint density at radius 1 is 0.667 bits per heavy atom. The summed E-state index contributed by atoms with van der Waals surface area (Å²) in [5.74, 6) is -1.19. The average molecular weight is 821 g/mol. The van der Waals surface area contributed by atoms with Gasteiger partial charge in [-0.15, -0.1) is 29.1 Å². The first-order valence-electron chi connectivity index (χ1n) is 14.2. The average Bonchev–Trinajstić information content (AvgIpc) is 3.12. The minimum absolute atomic E-state index is 0.00111. The third-order valence-corrected chi connectivity index (χ3v) is 10.4. The molecular formula is C29H20N6O15S4. The number of pyridine rings is 1. The van der Waals surface area contributed by atoms with Gasteiger partial charge >= 0.3 is 0 Å². The van der Waals surface area contributed by atoms with Crippen LogP contribution in [-0.4, -0.2) is 51.7 Å². The van der Waals surface area contributed by atoms with Gasteiger partial charge in [0.05, 0.1) is 56.5 Å². The summed E-state index contributed by atoms with van der Waals surface area (Å²) in [4.78, 5) is 14.4. The number of hydrogen-bond donors (Lipinski definition) is 8. The first-order chi connectivity index (χ1) is 25.6. The Kier molecular flexibility index (Phi) is 10.8. The quantitative estimate of drug-likeness (QED) is 0.0154. The van der Waals surface area contributed by atoms with Crippen molar-refractivity contribution in [2.45, 2.75) is 19.6 Å². The molecule has 21 nitrogen and oxygen atoms in total. The molecule has 0 atom stereocenters. The Morgan fingerprint density at radius 3 is 1.98 bits per heavy atom. The second-order valence-corrected chi connectivity index (χ2v) is 15.0. The van der Waals surface area contributed by atoms with Gasteiger partial charge in [0.25, 0.3) is 25.8 Å². The van der Waals surface area contributed by atoms with Crippen LogP contribution in [0.25, 0.3) is 32.4 Å². The van der Waals surface area contributed by atoms with E-state index in [-0.39, 0.29) is 54.4 Å². The van der Waals surface area contributed by atoms with Gasteiger partial charge in [-0.2, -0.15) is 16.8 Å². The third kappa shape index (κ3) is 7.82.